The van der Waals surface area contributed by atoms with Gasteiger partial charge in [0.25, 0.3) is 0 Å². The fraction of sp³-hybridized carbons (Fsp3) is 1.00. The van der Waals surface area contributed by atoms with Gasteiger partial charge >= 0.3 is 0 Å². The van der Waals surface area contributed by atoms with Crippen molar-refractivity contribution in [2.75, 3.05) is 12.8 Å². The van der Waals surface area contributed by atoms with E-state index < -0.39 is 10.0 Å². The Morgan fingerprint density at radius 1 is 1.50 bits per heavy atom. The third-order valence-electron chi connectivity index (χ3n) is 2.11. The maximum atomic E-state index is 10.7. The summed E-state index contributed by atoms with van der Waals surface area (Å²) in [5.74, 6) is 0.518. The zero-order chi connectivity index (χ0) is 9.19. The Labute approximate surface area is 82.1 Å². The zero-order valence-corrected chi connectivity index (χ0v) is 9.49. The highest BCUT2D eigenvalue weighted by atomic mass is 79.9. The molecule has 1 aliphatic rings. The third-order valence-corrected chi connectivity index (χ3v) is 3.63. The second kappa shape index (κ2) is 4.07. The van der Waals surface area contributed by atoms with Crippen molar-refractivity contribution < 1.29 is 8.42 Å². The molecule has 2 unspecified atom stereocenters. The predicted molar refractivity (Wildman–Crippen MR) is 52.9 cm³/mol. The average molecular weight is 256 g/mol. The molecule has 3 nitrogen and oxygen atoms in total. The van der Waals surface area contributed by atoms with Gasteiger partial charge in [-0.3, -0.25) is 0 Å². The summed E-state index contributed by atoms with van der Waals surface area (Å²) in [4.78, 5) is 0.587. The summed E-state index contributed by atoms with van der Waals surface area (Å²) in [7, 11) is -2.99. The highest BCUT2D eigenvalue weighted by molar-refractivity contribution is 9.09. The summed E-state index contributed by atoms with van der Waals surface area (Å²) < 4.78 is 24.0. The van der Waals surface area contributed by atoms with Crippen LogP contribution in [0.1, 0.15) is 19.3 Å². The van der Waals surface area contributed by atoms with Crippen molar-refractivity contribution in [3.8, 4) is 0 Å². The molecule has 0 aromatic heterocycles. The SMILES string of the molecule is CS(=O)(=O)NCC1CCC(Br)C1. The number of sulfonamides is 1. The van der Waals surface area contributed by atoms with Crippen LogP contribution in [0.2, 0.25) is 0 Å². The van der Waals surface area contributed by atoms with Crippen molar-refractivity contribution in [1.29, 1.82) is 0 Å². The van der Waals surface area contributed by atoms with E-state index in [4.69, 9.17) is 0 Å². The molecule has 0 spiro atoms. The smallest absolute Gasteiger partial charge is 0.208 e. The van der Waals surface area contributed by atoms with E-state index in [0.717, 1.165) is 19.3 Å². The second-order valence-corrected chi connectivity index (χ2v) is 6.52. The normalized spacial score (nSPS) is 30.8. The van der Waals surface area contributed by atoms with Crippen LogP contribution in [0.5, 0.6) is 0 Å². The standard InChI is InChI=1S/C7H14BrNO2S/c1-12(10,11)9-5-6-2-3-7(8)4-6/h6-7,9H,2-5H2,1H3. The van der Waals surface area contributed by atoms with Crippen LogP contribution in [0.25, 0.3) is 0 Å². The van der Waals surface area contributed by atoms with E-state index in [9.17, 15) is 8.42 Å². The minimum absolute atomic E-state index is 0.518. The lowest BCUT2D eigenvalue weighted by molar-refractivity contribution is 0.523. The summed E-state index contributed by atoms with van der Waals surface area (Å²) in [5, 5.41) is 0. The monoisotopic (exact) mass is 255 g/mol. The topological polar surface area (TPSA) is 46.2 Å². The molecule has 0 aromatic carbocycles. The van der Waals surface area contributed by atoms with Crippen molar-refractivity contribution in [2.24, 2.45) is 5.92 Å². The van der Waals surface area contributed by atoms with Crippen molar-refractivity contribution in [3.63, 3.8) is 0 Å². The lowest BCUT2D eigenvalue weighted by Gasteiger charge is -2.08. The van der Waals surface area contributed by atoms with Crippen LogP contribution in [-0.4, -0.2) is 26.0 Å². The van der Waals surface area contributed by atoms with Crippen LogP contribution >= 0.6 is 15.9 Å². The summed E-state index contributed by atoms with van der Waals surface area (Å²) in [5.41, 5.74) is 0. The molecule has 0 heterocycles. The van der Waals surface area contributed by atoms with Gasteiger partial charge in [0, 0.05) is 11.4 Å². The molecule has 1 saturated carbocycles. The maximum absolute atomic E-state index is 10.7. The molecule has 0 amide bonds. The van der Waals surface area contributed by atoms with Gasteiger partial charge in [0.1, 0.15) is 0 Å². The van der Waals surface area contributed by atoms with Crippen LogP contribution < -0.4 is 4.72 Å². The van der Waals surface area contributed by atoms with Crippen LogP contribution in [0.15, 0.2) is 0 Å². The Hall–Kier alpha value is 0.390. The summed E-state index contributed by atoms with van der Waals surface area (Å²) in [6.07, 6.45) is 4.57. The van der Waals surface area contributed by atoms with Gasteiger partial charge < -0.3 is 0 Å². The van der Waals surface area contributed by atoms with Gasteiger partial charge in [-0.05, 0) is 25.2 Å². The Bertz CT molecular complexity index is 240. The van der Waals surface area contributed by atoms with E-state index in [2.05, 4.69) is 20.7 Å². The number of rotatable bonds is 3. The molecule has 0 saturated heterocycles. The Kier molecular flexibility index (Phi) is 3.55. The Morgan fingerprint density at radius 2 is 2.17 bits per heavy atom. The molecule has 0 aliphatic heterocycles. The van der Waals surface area contributed by atoms with E-state index >= 15 is 0 Å². The molecule has 5 heteroatoms. The minimum Gasteiger partial charge on any atom is -0.215 e. The van der Waals surface area contributed by atoms with Crippen molar-refractivity contribution in [3.05, 3.63) is 0 Å². The van der Waals surface area contributed by atoms with Gasteiger partial charge in [0.15, 0.2) is 0 Å². The molecular weight excluding hydrogens is 242 g/mol. The molecule has 1 rings (SSSR count). The molecule has 1 fully saturated rings. The first kappa shape index (κ1) is 10.5. The third kappa shape index (κ3) is 3.87. The largest absolute Gasteiger partial charge is 0.215 e. The van der Waals surface area contributed by atoms with Gasteiger partial charge in [-0.25, -0.2) is 13.1 Å². The highest BCUT2D eigenvalue weighted by Gasteiger charge is 2.22. The fourth-order valence-corrected chi connectivity index (χ4v) is 2.80. The molecule has 1 N–H and O–H groups in total. The second-order valence-electron chi connectivity index (χ2n) is 3.40. The van der Waals surface area contributed by atoms with Crippen LogP contribution in [0, 0.1) is 5.92 Å². The van der Waals surface area contributed by atoms with Gasteiger partial charge in [-0.15, -0.1) is 0 Å². The van der Waals surface area contributed by atoms with Crippen LogP contribution in [-0.2, 0) is 10.0 Å². The van der Waals surface area contributed by atoms with Gasteiger partial charge in [-0.2, -0.15) is 0 Å². The molecule has 72 valence electrons. The van der Waals surface area contributed by atoms with Crippen molar-refractivity contribution in [2.45, 2.75) is 24.1 Å². The molecule has 0 bridgehead atoms. The Morgan fingerprint density at radius 3 is 2.58 bits per heavy atom. The van der Waals surface area contributed by atoms with Crippen molar-refractivity contribution >= 4 is 26.0 Å². The van der Waals surface area contributed by atoms with Crippen LogP contribution in [0.3, 0.4) is 0 Å². The molecule has 0 radical (unpaired) electrons. The quantitative estimate of drug-likeness (QED) is 0.768. The highest BCUT2D eigenvalue weighted by Crippen LogP contribution is 2.29. The first-order valence-corrected chi connectivity index (χ1v) is 6.87. The summed E-state index contributed by atoms with van der Waals surface area (Å²) >= 11 is 3.52. The van der Waals surface area contributed by atoms with Crippen molar-refractivity contribution in [1.82, 2.24) is 4.72 Å². The van der Waals surface area contributed by atoms with Gasteiger partial charge in [0.2, 0.25) is 10.0 Å². The number of hydrogen-bond donors (Lipinski definition) is 1. The summed E-state index contributed by atoms with van der Waals surface area (Å²) in [6, 6.07) is 0. The molecule has 2 atom stereocenters. The number of alkyl halides is 1. The van der Waals surface area contributed by atoms with E-state index in [1.165, 1.54) is 6.26 Å². The van der Waals surface area contributed by atoms with Crippen LogP contribution in [0.4, 0.5) is 0 Å². The first-order valence-electron chi connectivity index (χ1n) is 4.06. The first-order chi connectivity index (χ1) is 5.47. The number of nitrogens with one attached hydrogen (secondary N) is 1. The van der Waals surface area contributed by atoms with E-state index in [1.807, 2.05) is 0 Å². The van der Waals surface area contributed by atoms with E-state index in [1.54, 1.807) is 0 Å². The molecule has 12 heavy (non-hydrogen) atoms. The average Bonchev–Trinajstić information content (AvgIpc) is 2.30. The summed E-state index contributed by atoms with van der Waals surface area (Å²) in [6.45, 7) is 0.598. The lowest BCUT2D eigenvalue weighted by atomic mass is 10.1. The maximum Gasteiger partial charge on any atom is 0.208 e. The predicted octanol–water partition coefficient (Wildman–Crippen LogP) is 1.10. The van der Waals surface area contributed by atoms with Gasteiger partial charge in [0.05, 0.1) is 6.26 Å². The van der Waals surface area contributed by atoms with E-state index in [-0.39, 0.29) is 0 Å². The van der Waals surface area contributed by atoms with E-state index in [0.29, 0.717) is 17.3 Å². The molecule has 0 aromatic rings. The number of hydrogen-bond acceptors (Lipinski definition) is 2. The number of halogens is 1. The lowest BCUT2D eigenvalue weighted by Crippen LogP contribution is -2.27. The molecule has 1 aliphatic carbocycles. The fourth-order valence-electron chi connectivity index (χ4n) is 1.47. The minimum atomic E-state index is -2.99. The zero-order valence-electron chi connectivity index (χ0n) is 7.09. The van der Waals surface area contributed by atoms with Gasteiger partial charge in [-0.1, -0.05) is 15.9 Å². The molecular formula is C7H14BrNO2S. The Balaban J connectivity index is 2.25.